The van der Waals surface area contributed by atoms with Gasteiger partial charge in [-0.3, -0.25) is 9.59 Å². The number of nitrogens with two attached hydrogens (primary N) is 1. The highest BCUT2D eigenvalue weighted by molar-refractivity contribution is 5.84. The minimum Gasteiger partial charge on any atom is -0.508 e. The predicted octanol–water partition coefficient (Wildman–Crippen LogP) is 2.33. The van der Waals surface area contributed by atoms with Gasteiger partial charge in [-0.15, -0.1) is 0 Å². The summed E-state index contributed by atoms with van der Waals surface area (Å²) in [4.78, 5) is 23.7. The van der Waals surface area contributed by atoms with E-state index < -0.39 is 12.0 Å². The number of benzene rings is 2. The molecule has 0 spiro atoms. The van der Waals surface area contributed by atoms with Gasteiger partial charge in [0, 0.05) is 29.1 Å². The molecular weight excluding hydrogens is 308 g/mol. The van der Waals surface area contributed by atoms with E-state index in [1.54, 1.807) is 12.1 Å². The van der Waals surface area contributed by atoms with Crippen LogP contribution in [0.4, 0.5) is 0 Å². The summed E-state index contributed by atoms with van der Waals surface area (Å²) in [6, 6.07) is 13.0. The lowest BCUT2D eigenvalue weighted by Gasteiger charge is -2.04. The van der Waals surface area contributed by atoms with Gasteiger partial charge in [0.2, 0.25) is 0 Å². The van der Waals surface area contributed by atoms with E-state index in [0.29, 0.717) is 12.0 Å². The average Bonchev–Trinajstić information content (AvgIpc) is 2.99. The van der Waals surface area contributed by atoms with E-state index in [0.717, 1.165) is 22.8 Å². The molecule has 0 aliphatic heterocycles. The molecule has 0 aliphatic carbocycles. The number of rotatable bonds is 4. The van der Waals surface area contributed by atoms with Crippen LogP contribution in [-0.2, 0) is 11.2 Å². The molecule has 124 valence electrons. The van der Waals surface area contributed by atoms with Gasteiger partial charge in [-0.2, -0.15) is 0 Å². The second kappa shape index (κ2) is 7.94. The Labute approximate surface area is 138 Å². The van der Waals surface area contributed by atoms with Crippen LogP contribution in [0, 0.1) is 0 Å². The lowest BCUT2D eigenvalue weighted by molar-refractivity contribution is -0.138. The normalized spacial score (nSPS) is 11.4. The first-order chi connectivity index (χ1) is 11.5. The first-order valence-corrected chi connectivity index (χ1v) is 7.29. The molecule has 0 unspecified atom stereocenters. The van der Waals surface area contributed by atoms with Gasteiger partial charge in [0.1, 0.15) is 18.1 Å². The maximum Gasteiger partial charge on any atom is 0.320 e. The van der Waals surface area contributed by atoms with Crippen molar-refractivity contribution in [2.24, 2.45) is 5.73 Å². The Morgan fingerprint density at radius 2 is 1.83 bits per heavy atom. The van der Waals surface area contributed by atoms with Crippen LogP contribution in [0.1, 0.15) is 15.9 Å². The monoisotopic (exact) mass is 326 g/mol. The van der Waals surface area contributed by atoms with E-state index in [9.17, 15) is 9.59 Å². The molecule has 3 aromatic rings. The van der Waals surface area contributed by atoms with Crippen molar-refractivity contribution in [2.75, 3.05) is 0 Å². The number of carbonyl (C=O) groups excluding carboxylic acids is 1. The minimum atomic E-state index is -0.972. The van der Waals surface area contributed by atoms with Crippen molar-refractivity contribution in [1.82, 2.24) is 4.98 Å². The molecule has 24 heavy (non-hydrogen) atoms. The third kappa shape index (κ3) is 4.44. The third-order valence-corrected chi connectivity index (χ3v) is 3.46. The fourth-order valence-electron chi connectivity index (χ4n) is 2.18. The molecule has 0 fully saturated rings. The predicted molar refractivity (Wildman–Crippen MR) is 91.1 cm³/mol. The molecule has 6 heteroatoms. The van der Waals surface area contributed by atoms with E-state index in [-0.39, 0.29) is 5.75 Å². The lowest BCUT2D eigenvalue weighted by Crippen LogP contribution is -2.32. The Morgan fingerprint density at radius 3 is 2.46 bits per heavy atom. The number of fused-ring (bicyclic) bond motifs is 1. The minimum absolute atomic E-state index is 0.181. The number of aromatic nitrogens is 1. The molecule has 0 aliphatic rings. The maximum atomic E-state index is 10.6. The van der Waals surface area contributed by atoms with Crippen molar-refractivity contribution < 1.29 is 19.8 Å². The van der Waals surface area contributed by atoms with Gasteiger partial charge in [-0.25, -0.2) is 0 Å². The van der Waals surface area contributed by atoms with Crippen molar-refractivity contribution >= 4 is 23.2 Å². The average molecular weight is 326 g/mol. The Hall–Kier alpha value is -3.12. The molecule has 0 amide bonds. The summed E-state index contributed by atoms with van der Waals surface area (Å²) in [6.07, 6.45) is 2.90. The quantitative estimate of drug-likeness (QED) is 0.549. The van der Waals surface area contributed by atoms with Crippen LogP contribution in [0.25, 0.3) is 10.9 Å². The Morgan fingerprint density at radius 1 is 1.17 bits per heavy atom. The van der Waals surface area contributed by atoms with Crippen LogP contribution in [-0.4, -0.2) is 33.5 Å². The van der Waals surface area contributed by atoms with Gasteiger partial charge < -0.3 is 20.9 Å². The topological polar surface area (TPSA) is 116 Å². The van der Waals surface area contributed by atoms with Crippen LogP contribution in [0.5, 0.6) is 5.75 Å². The molecule has 5 N–H and O–H groups in total. The lowest BCUT2D eigenvalue weighted by atomic mass is 10.1. The van der Waals surface area contributed by atoms with E-state index in [2.05, 4.69) is 4.98 Å². The zero-order valence-electron chi connectivity index (χ0n) is 12.8. The number of aromatic hydroxyl groups is 1. The van der Waals surface area contributed by atoms with Gasteiger partial charge in [-0.05, 0) is 35.9 Å². The summed E-state index contributed by atoms with van der Waals surface area (Å²) in [7, 11) is 0. The van der Waals surface area contributed by atoms with Crippen LogP contribution in [0.3, 0.4) is 0 Å². The molecule has 6 nitrogen and oxygen atoms in total. The second-order valence-corrected chi connectivity index (χ2v) is 5.22. The van der Waals surface area contributed by atoms with Crippen LogP contribution >= 0.6 is 0 Å². The molecule has 0 bridgehead atoms. The summed E-state index contributed by atoms with van der Waals surface area (Å²) >= 11 is 0. The molecule has 3 rings (SSSR count). The van der Waals surface area contributed by atoms with E-state index >= 15 is 0 Å². The molecule has 0 saturated carbocycles. The first-order valence-electron chi connectivity index (χ1n) is 7.29. The highest BCUT2D eigenvalue weighted by atomic mass is 16.4. The number of carboxylic acid groups (broad SMARTS) is 1. The van der Waals surface area contributed by atoms with Gasteiger partial charge in [0.25, 0.3) is 0 Å². The number of para-hydroxylation sites is 1. The highest BCUT2D eigenvalue weighted by Crippen LogP contribution is 2.18. The Bertz CT molecular complexity index is 824. The molecule has 1 aromatic heterocycles. The fraction of sp³-hybridized carbons (Fsp3) is 0.111. The van der Waals surface area contributed by atoms with Crippen molar-refractivity contribution in [3.8, 4) is 5.75 Å². The second-order valence-electron chi connectivity index (χ2n) is 5.22. The van der Waals surface area contributed by atoms with Gasteiger partial charge in [0.15, 0.2) is 0 Å². The summed E-state index contributed by atoms with van der Waals surface area (Å²) in [6.45, 7) is 0. The number of aldehydes is 1. The molecule has 0 saturated heterocycles. The van der Waals surface area contributed by atoms with Gasteiger partial charge >= 0.3 is 5.97 Å². The standard InChI is InChI=1S/C11H12N2O2.C7H6O2/c12-9(11(14)15)5-7-6-13-10-4-2-1-3-8(7)10;8-5-6-1-3-7(9)4-2-6/h1-4,6,9,13H,5,12H2,(H,14,15);1-5,9H/t9-;/m0./s1. The largest absolute Gasteiger partial charge is 0.508 e. The first kappa shape index (κ1) is 17.2. The zero-order chi connectivity index (χ0) is 17.5. The summed E-state index contributed by atoms with van der Waals surface area (Å²) < 4.78 is 0. The molecule has 1 atom stereocenters. The number of phenolic OH excluding ortho intramolecular Hbond substituents is 1. The number of hydrogen-bond acceptors (Lipinski definition) is 4. The fourth-order valence-corrected chi connectivity index (χ4v) is 2.18. The number of nitrogens with one attached hydrogen (secondary N) is 1. The number of aromatic amines is 1. The van der Waals surface area contributed by atoms with Crippen molar-refractivity contribution in [2.45, 2.75) is 12.5 Å². The van der Waals surface area contributed by atoms with E-state index in [1.807, 2.05) is 30.5 Å². The number of H-pyrrole nitrogens is 1. The van der Waals surface area contributed by atoms with E-state index in [1.165, 1.54) is 12.1 Å². The number of hydrogen-bond donors (Lipinski definition) is 4. The van der Waals surface area contributed by atoms with Crippen LogP contribution < -0.4 is 5.73 Å². The zero-order valence-corrected chi connectivity index (χ0v) is 12.8. The van der Waals surface area contributed by atoms with Gasteiger partial charge in [0.05, 0.1) is 0 Å². The SMILES string of the molecule is N[C@@H](Cc1c[nH]c2ccccc12)C(=O)O.O=Cc1ccc(O)cc1. The number of carbonyl (C=O) groups is 2. The third-order valence-electron chi connectivity index (χ3n) is 3.46. The molecular formula is C18H18N2O4. The number of carboxylic acids is 1. The summed E-state index contributed by atoms with van der Waals surface area (Å²) in [5, 5.41) is 18.5. The van der Waals surface area contributed by atoms with Crippen LogP contribution in [0.15, 0.2) is 54.7 Å². The number of aliphatic carboxylic acids is 1. The smallest absolute Gasteiger partial charge is 0.320 e. The van der Waals surface area contributed by atoms with Crippen molar-refractivity contribution in [1.29, 1.82) is 0 Å². The van der Waals surface area contributed by atoms with Crippen LogP contribution in [0.2, 0.25) is 0 Å². The maximum absolute atomic E-state index is 10.6. The molecule has 2 aromatic carbocycles. The van der Waals surface area contributed by atoms with Crippen molar-refractivity contribution in [3.63, 3.8) is 0 Å². The summed E-state index contributed by atoms with van der Waals surface area (Å²) in [5.41, 5.74) is 8.01. The summed E-state index contributed by atoms with van der Waals surface area (Å²) in [5.74, 6) is -0.791. The Balaban J connectivity index is 0.000000198. The van der Waals surface area contributed by atoms with Gasteiger partial charge in [-0.1, -0.05) is 18.2 Å². The Kier molecular flexibility index (Phi) is 5.70. The molecule has 1 heterocycles. The van der Waals surface area contributed by atoms with E-state index in [4.69, 9.17) is 15.9 Å². The molecule has 0 radical (unpaired) electrons. The van der Waals surface area contributed by atoms with Crippen molar-refractivity contribution in [3.05, 3.63) is 65.9 Å². The number of phenols is 1. The highest BCUT2D eigenvalue weighted by Gasteiger charge is 2.14.